The van der Waals surface area contributed by atoms with Gasteiger partial charge in [0, 0.05) is 24.5 Å². The largest absolute Gasteiger partial charge is 0.350 e. The van der Waals surface area contributed by atoms with E-state index in [0.29, 0.717) is 18.7 Å². The maximum absolute atomic E-state index is 12.2. The van der Waals surface area contributed by atoms with E-state index in [9.17, 15) is 4.79 Å². The fourth-order valence-corrected chi connectivity index (χ4v) is 2.29. The molecule has 1 aromatic heterocycles. The first-order chi connectivity index (χ1) is 10.8. The van der Waals surface area contributed by atoms with Crippen LogP contribution in [-0.4, -0.2) is 22.2 Å². The number of nitrogens with zero attached hydrogens (tertiary/aromatic N) is 2. The first-order valence-corrected chi connectivity index (χ1v) is 7.24. The molecule has 22 heavy (non-hydrogen) atoms. The van der Waals surface area contributed by atoms with Crippen molar-refractivity contribution in [2.24, 2.45) is 0 Å². The molecule has 0 spiro atoms. The standard InChI is InChI=1S/C18H17N3O/c22-18(19-11-13-21-12-5-10-20-21)17-9-4-8-16(14-17)15-6-2-1-3-7-15/h1-10,12,14H,11,13H2,(H,19,22). The number of benzene rings is 2. The van der Waals surface area contributed by atoms with E-state index in [1.165, 1.54) is 0 Å². The maximum Gasteiger partial charge on any atom is 0.251 e. The van der Waals surface area contributed by atoms with Crippen molar-refractivity contribution in [1.29, 1.82) is 0 Å². The fraction of sp³-hybridized carbons (Fsp3) is 0.111. The Morgan fingerprint density at radius 3 is 2.59 bits per heavy atom. The third-order valence-electron chi connectivity index (χ3n) is 3.42. The monoisotopic (exact) mass is 291 g/mol. The number of aromatic nitrogens is 2. The van der Waals surface area contributed by atoms with Crippen LogP contribution in [0.1, 0.15) is 10.4 Å². The van der Waals surface area contributed by atoms with E-state index in [1.54, 1.807) is 10.9 Å². The molecule has 4 heteroatoms. The zero-order valence-electron chi connectivity index (χ0n) is 12.1. The molecule has 0 fully saturated rings. The molecule has 0 bridgehead atoms. The van der Waals surface area contributed by atoms with E-state index in [-0.39, 0.29) is 5.91 Å². The van der Waals surface area contributed by atoms with Gasteiger partial charge in [-0.3, -0.25) is 9.48 Å². The molecule has 0 unspecified atom stereocenters. The molecule has 0 aliphatic heterocycles. The summed E-state index contributed by atoms with van der Waals surface area (Å²) < 4.78 is 1.79. The lowest BCUT2D eigenvalue weighted by molar-refractivity contribution is 0.0952. The minimum absolute atomic E-state index is 0.0649. The summed E-state index contributed by atoms with van der Waals surface area (Å²) in [5, 5.41) is 7.02. The Balaban J connectivity index is 1.65. The van der Waals surface area contributed by atoms with Gasteiger partial charge in [-0.15, -0.1) is 0 Å². The highest BCUT2D eigenvalue weighted by Gasteiger charge is 2.06. The van der Waals surface area contributed by atoms with Gasteiger partial charge in [0.15, 0.2) is 0 Å². The maximum atomic E-state index is 12.2. The summed E-state index contributed by atoms with van der Waals surface area (Å²) in [6.45, 7) is 1.22. The fourth-order valence-electron chi connectivity index (χ4n) is 2.29. The predicted octanol–water partition coefficient (Wildman–Crippen LogP) is 2.98. The molecule has 1 N–H and O–H groups in total. The van der Waals surface area contributed by atoms with Crippen LogP contribution in [0, 0.1) is 0 Å². The Kier molecular flexibility index (Phi) is 4.30. The summed E-state index contributed by atoms with van der Waals surface area (Å²) in [5.41, 5.74) is 2.82. The van der Waals surface area contributed by atoms with Crippen molar-refractivity contribution >= 4 is 5.91 Å². The summed E-state index contributed by atoms with van der Waals surface area (Å²) in [6.07, 6.45) is 3.60. The van der Waals surface area contributed by atoms with Crippen LogP contribution in [0.5, 0.6) is 0 Å². The van der Waals surface area contributed by atoms with Crippen LogP contribution < -0.4 is 5.32 Å². The topological polar surface area (TPSA) is 46.9 Å². The lowest BCUT2D eigenvalue weighted by Gasteiger charge is -2.07. The van der Waals surface area contributed by atoms with Crippen LogP contribution in [0.2, 0.25) is 0 Å². The molecule has 110 valence electrons. The number of hydrogen-bond acceptors (Lipinski definition) is 2. The van der Waals surface area contributed by atoms with Crippen molar-refractivity contribution in [3.63, 3.8) is 0 Å². The smallest absolute Gasteiger partial charge is 0.251 e. The van der Waals surface area contributed by atoms with E-state index in [2.05, 4.69) is 10.4 Å². The Labute approximate surface area is 129 Å². The van der Waals surface area contributed by atoms with E-state index >= 15 is 0 Å². The Morgan fingerprint density at radius 1 is 1.00 bits per heavy atom. The Bertz CT molecular complexity index is 736. The molecule has 0 aliphatic carbocycles. The number of hydrogen-bond donors (Lipinski definition) is 1. The summed E-state index contributed by atoms with van der Waals surface area (Å²) >= 11 is 0. The molecule has 0 atom stereocenters. The zero-order valence-corrected chi connectivity index (χ0v) is 12.1. The van der Waals surface area contributed by atoms with Crippen molar-refractivity contribution in [2.45, 2.75) is 6.54 Å². The van der Waals surface area contributed by atoms with Gasteiger partial charge in [0.25, 0.3) is 5.91 Å². The van der Waals surface area contributed by atoms with E-state index in [0.717, 1.165) is 11.1 Å². The lowest BCUT2D eigenvalue weighted by Crippen LogP contribution is -2.27. The molecule has 1 heterocycles. The highest BCUT2D eigenvalue weighted by Crippen LogP contribution is 2.19. The number of amides is 1. The van der Waals surface area contributed by atoms with Gasteiger partial charge in [-0.1, -0.05) is 42.5 Å². The molecule has 3 rings (SSSR count). The van der Waals surface area contributed by atoms with Crippen molar-refractivity contribution in [3.8, 4) is 11.1 Å². The molecule has 0 saturated carbocycles. The zero-order chi connectivity index (χ0) is 15.2. The van der Waals surface area contributed by atoms with Crippen LogP contribution in [0.25, 0.3) is 11.1 Å². The summed E-state index contributed by atoms with van der Waals surface area (Å²) in [5.74, 6) is -0.0649. The van der Waals surface area contributed by atoms with Crippen LogP contribution in [0.15, 0.2) is 73.1 Å². The average molecular weight is 291 g/mol. The molecule has 3 aromatic rings. The third kappa shape index (κ3) is 3.41. The summed E-state index contributed by atoms with van der Waals surface area (Å²) in [7, 11) is 0. The normalized spacial score (nSPS) is 10.4. The number of carbonyl (C=O) groups is 1. The van der Waals surface area contributed by atoms with Crippen molar-refractivity contribution in [3.05, 3.63) is 78.6 Å². The van der Waals surface area contributed by atoms with Crippen molar-refractivity contribution in [2.75, 3.05) is 6.54 Å². The van der Waals surface area contributed by atoms with Crippen molar-refractivity contribution in [1.82, 2.24) is 15.1 Å². The second-order valence-electron chi connectivity index (χ2n) is 4.97. The van der Waals surface area contributed by atoms with Crippen LogP contribution in [0.4, 0.5) is 0 Å². The van der Waals surface area contributed by atoms with Gasteiger partial charge >= 0.3 is 0 Å². The second kappa shape index (κ2) is 6.72. The minimum Gasteiger partial charge on any atom is -0.350 e. The highest BCUT2D eigenvalue weighted by atomic mass is 16.1. The predicted molar refractivity (Wildman–Crippen MR) is 86.4 cm³/mol. The molecule has 1 amide bonds. The number of nitrogens with one attached hydrogen (secondary N) is 1. The van der Waals surface area contributed by atoms with Gasteiger partial charge in [-0.2, -0.15) is 5.10 Å². The quantitative estimate of drug-likeness (QED) is 0.785. The SMILES string of the molecule is O=C(NCCn1cccn1)c1cccc(-c2ccccc2)c1. The molecule has 2 aromatic carbocycles. The molecule has 0 aliphatic rings. The Hall–Kier alpha value is -2.88. The van der Waals surface area contributed by atoms with Gasteiger partial charge in [-0.25, -0.2) is 0 Å². The molecular formula is C18H17N3O. The Morgan fingerprint density at radius 2 is 1.82 bits per heavy atom. The number of carbonyl (C=O) groups excluding carboxylic acids is 1. The molecule has 0 saturated heterocycles. The van der Waals surface area contributed by atoms with E-state index < -0.39 is 0 Å². The minimum atomic E-state index is -0.0649. The lowest BCUT2D eigenvalue weighted by atomic mass is 10.0. The second-order valence-corrected chi connectivity index (χ2v) is 4.97. The molecule has 0 radical (unpaired) electrons. The summed E-state index contributed by atoms with van der Waals surface area (Å²) in [6, 6.07) is 19.6. The van der Waals surface area contributed by atoms with Crippen molar-refractivity contribution < 1.29 is 4.79 Å². The van der Waals surface area contributed by atoms with Crippen LogP contribution in [0.3, 0.4) is 0 Å². The van der Waals surface area contributed by atoms with Crippen LogP contribution >= 0.6 is 0 Å². The van der Waals surface area contributed by atoms with Gasteiger partial charge in [0.05, 0.1) is 6.54 Å². The van der Waals surface area contributed by atoms with E-state index in [1.807, 2.05) is 66.9 Å². The number of rotatable bonds is 5. The van der Waals surface area contributed by atoms with Crippen LogP contribution in [-0.2, 0) is 6.54 Å². The van der Waals surface area contributed by atoms with Gasteiger partial charge in [-0.05, 0) is 29.3 Å². The summed E-state index contributed by atoms with van der Waals surface area (Å²) in [4.78, 5) is 12.2. The van der Waals surface area contributed by atoms with E-state index in [4.69, 9.17) is 0 Å². The van der Waals surface area contributed by atoms with Gasteiger partial charge in [0.1, 0.15) is 0 Å². The average Bonchev–Trinajstić information content (AvgIpc) is 3.09. The molecular weight excluding hydrogens is 274 g/mol. The van der Waals surface area contributed by atoms with Gasteiger partial charge < -0.3 is 5.32 Å². The molecule has 4 nitrogen and oxygen atoms in total. The first kappa shape index (κ1) is 14.1. The third-order valence-corrected chi connectivity index (χ3v) is 3.42. The van der Waals surface area contributed by atoms with Gasteiger partial charge in [0.2, 0.25) is 0 Å². The first-order valence-electron chi connectivity index (χ1n) is 7.24. The highest BCUT2D eigenvalue weighted by molar-refractivity contribution is 5.95.